The van der Waals surface area contributed by atoms with E-state index < -0.39 is 5.91 Å². The second-order valence-electron chi connectivity index (χ2n) is 4.24. The van der Waals surface area contributed by atoms with E-state index in [9.17, 15) is 9.18 Å². The Labute approximate surface area is 118 Å². The van der Waals surface area contributed by atoms with Crippen molar-refractivity contribution in [2.24, 2.45) is 0 Å². The van der Waals surface area contributed by atoms with E-state index in [1.54, 1.807) is 18.2 Å². The van der Waals surface area contributed by atoms with Crippen LogP contribution < -0.4 is 5.32 Å². The van der Waals surface area contributed by atoms with Gasteiger partial charge in [0, 0.05) is 0 Å². The van der Waals surface area contributed by atoms with Crippen LogP contribution in [0.1, 0.15) is 22.0 Å². The van der Waals surface area contributed by atoms with Crippen LogP contribution in [-0.4, -0.2) is 16.1 Å². The largest absolute Gasteiger partial charge is 0.459 e. The number of nitrogens with zero attached hydrogens (tertiary/aromatic N) is 2. The Morgan fingerprint density at radius 1 is 1.19 bits per heavy atom. The highest BCUT2D eigenvalue weighted by atomic mass is 19.1. The van der Waals surface area contributed by atoms with Crippen LogP contribution >= 0.6 is 0 Å². The molecule has 0 fully saturated rings. The van der Waals surface area contributed by atoms with Crippen molar-refractivity contribution in [1.29, 1.82) is 0 Å². The van der Waals surface area contributed by atoms with E-state index in [2.05, 4.69) is 15.5 Å². The number of benzene rings is 1. The first-order chi connectivity index (χ1) is 10.2. The molecule has 0 saturated heterocycles. The van der Waals surface area contributed by atoms with Gasteiger partial charge in [-0.25, -0.2) is 4.39 Å². The molecular formula is C14H10FN3O3. The molecule has 2 heterocycles. The highest BCUT2D eigenvalue weighted by molar-refractivity contribution is 6.00. The van der Waals surface area contributed by atoms with Crippen molar-refractivity contribution in [2.75, 3.05) is 5.32 Å². The summed E-state index contributed by atoms with van der Waals surface area (Å²) in [6.07, 6.45) is 1.74. The number of aromatic nitrogens is 2. The lowest BCUT2D eigenvalue weighted by atomic mass is 10.1. The molecule has 0 spiro atoms. The number of carbonyl (C=O) groups excluding carboxylic acids is 1. The third-order valence-corrected chi connectivity index (χ3v) is 2.70. The first kappa shape index (κ1) is 13.0. The van der Waals surface area contributed by atoms with Crippen LogP contribution in [0.4, 0.5) is 10.4 Å². The van der Waals surface area contributed by atoms with Crippen LogP contribution in [0.3, 0.4) is 0 Å². The lowest BCUT2D eigenvalue weighted by Gasteiger charge is -1.97. The number of amides is 1. The molecule has 0 radical (unpaired) electrons. The van der Waals surface area contributed by atoms with Crippen molar-refractivity contribution in [3.05, 3.63) is 65.7 Å². The summed E-state index contributed by atoms with van der Waals surface area (Å²) in [5, 5.41) is 9.95. The van der Waals surface area contributed by atoms with Gasteiger partial charge in [-0.3, -0.25) is 10.1 Å². The lowest BCUT2D eigenvalue weighted by molar-refractivity contribution is 0.0993. The SMILES string of the molecule is O=C(Nc1nnc(Cc2ccc(F)cc2)o1)c1ccco1. The fourth-order valence-corrected chi connectivity index (χ4v) is 1.72. The quantitative estimate of drug-likeness (QED) is 0.797. The van der Waals surface area contributed by atoms with Gasteiger partial charge in [-0.2, -0.15) is 0 Å². The Balaban J connectivity index is 1.66. The normalized spacial score (nSPS) is 10.5. The molecule has 3 aromatic rings. The molecule has 6 nitrogen and oxygen atoms in total. The number of carbonyl (C=O) groups is 1. The van der Waals surface area contributed by atoms with Gasteiger partial charge in [0.2, 0.25) is 5.89 Å². The zero-order chi connectivity index (χ0) is 14.7. The van der Waals surface area contributed by atoms with Gasteiger partial charge in [-0.15, -0.1) is 5.10 Å². The average molecular weight is 287 g/mol. The third-order valence-electron chi connectivity index (χ3n) is 2.70. The minimum absolute atomic E-state index is 0.0199. The van der Waals surface area contributed by atoms with Crippen LogP contribution in [-0.2, 0) is 6.42 Å². The summed E-state index contributed by atoms with van der Waals surface area (Å²) >= 11 is 0. The molecule has 0 bridgehead atoms. The molecule has 7 heteroatoms. The number of nitrogens with one attached hydrogen (secondary N) is 1. The van der Waals surface area contributed by atoms with Crippen molar-refractivity contribution in [2.45, 2.75) is 6.42 Å². The average Bonchev–Trinajstić information content (AvgIpc) is 3.13. The Morgan fingerprint density at radius 3 is 2.71 bits per heavy atom. The topological polar surface area (TPSA) is 81.2 Å². The van der Waals surface area contributed by atoms with Crippen molar-refractivity contribution in [3.63, 3.8) is 0 Å². The molecule has 0 atom stereocenters. The van der Waals surface area contributed by atoms with E-state index in [1.165, 1.54) is 24.5 Å². The molecule has 1 amide bonds. The summed E-state index contributed by atoms with van der Waals surface area (Å²) in [6.45, 7) is 0. The van der Waals surface area contributed by atoms with Crippen molar-refractivity contribution in [1.82, 2.24) is 10.2 Å². The predicted molar refractivity (Wildman–Crippen MR) is 70.2 cm³/mol. The van der Waals surface area contributed by atoms with Crippen LogP contribution in [0.5, 0.6) is 0 Å². The minimum Gasteiger partial charge on any atom is -0.459 e. The summed E-state index contributed by atoms with van der Waals surface area (Å²) in [6, 6.07) is 9.06. The van der Waals surface area contributed by atoms with E-state index in [4.69, 9.17) is 8.83 Å². The summed E-state index contributed by atoms with van der Waals surface area (Å²) in [4.78, 5) is 11.7. The Morgan fingerprint density at radius 2 is 2.00 bits per heavy atom. The monoisotopic (exact) mass is 287 g/mol. The molecule has 0 unspecified atom stereocenters. The van der Waals surface area contributed by atoms with E-state index in [1.807, 2.05) is 0 Å². The minimum atomic E-state index is -0.475. The van der Waals surface area contributed by atoms with E-state index >= 15 is 0 Å². The fraction of sp³-hybridized carbons (Fsp3) is 0.0714. The molecule has 3 rings (SSSR count). The van der Waals surface area contributed by atoms with Gasteiger partial charge in [-0.05, 0) is 29.8 Å². The number of anilines is 1. The van der Waals surface area contributed by atoms with Crippen molar-refractivity contribution >= 4 is 11.9 Å². The molecule has 1 N–H and O–H groups in total. The molecule has 2 aromatic heterocycles. The Hall–Kier alpha value is -2.96. The highest BCUT2D eigenvalue weighted by Gasteiger charge is 2.13. The van der Waals surface area contributed by atoms with Gasteiger partial charge >= 0.3 is 6.01 Å². The number of hydrogen-bond donors (Lipinski definition) is 1. The second-order valence-corrected chi connectivity index (χ2v) is 4.24. The Kier molecular flexibility index (Phi) is 3.46. The lowest BCUT2D eigenvalue weighted by Crippen LogP contribution is -2.10. The molecule has 106 valence electrons. The van der Waals surface area contributed by atoms with E-state index in [-0.39, 0.29) is 17.6 Å². The van der Waals surface area contributed by atoms with Crippen LogP contribution in [0, 0.1) is 5.82 Å². The van der Waals surface area contributed by atoms with Crippen LogP contribution in [0.25, 0.3) is 0 Å². The van der Waals surface area contributed by atoms with E-state index in [0.717, 1.165) is 5.56 Å². The second kappa shape index (κ2) is 5.58. The van der Waals surface area contributed by atoms with Gasteiger partial charge in [-0.1, -0.05) is 17.2 Å². The predicted octanol–water partition coefficient (Wildman–Crippen LogP) is 2.64. The third kappa shape index (κ3) is 3.14. The number of hydrogen-bond acceptors (Lipinski definition) is 5. The number of furan rings is 1. The van der Waals surface area contributed by atoms with Crippen molar-refractivity contribution < 1.29 is 18.0 Å². The van der Waals surface area contributed by atoms with Gasteiger partial charge in [0.1, 0.15) is 5.82 Å². The Bertz CT molecular complexity index is 735. The van der Waals surface area contributed by atoms with Gasteiger partial charge in [0.25, 0.3) is 5.91 Å². The standard InChI is InChI=1S/C14H10FN3O3/c15-10-5-3-9(4-6-10)8-12-17-18-14(21-12)16-13(19)11-2-1-7-20-11/h1-7H,8H2,(H,16,18,19). The summed E-state index contributed by atoms with van der Waals surface area (Å²) in [5.74, 6) is -0.322. The molecule has 1 aromatic carbocycles. The van der Waals surface area contributed by atoms with Crippen LogP contribution in [0.15, 0.2) is 51.5 Å². The van der Waals surface area contributed by atoms with Crippen LogP contribution in [0.2, 0.25) is 0 Å². The van der Waals surface area contributed by atoms with Gasteiger partial charge in [0.15, 0.2) is 5.76 Å². The number of rotatable bonds is 4. The van der Waals surface area contributed by atoms with E-state index in [0.29, 0.717) is 12.3 Å². The van der Waals surface area contributed by atoms with Crippen molar-refractivity contribution in [3.8, 4) is 0 Å². The maximum atomic E-state index is 12.8. The smallest absolute Gasteiger partial charge is 0.322 e. The maximum Gasteiger partial charge on any atom is 0.322 e. The molecule has 0 saturated carbocycles. The first-order valence-corrected chi connectivity index (χ1v) is 6.12. The molecule has 0 aliphatic rings. The van der Waals surface area contributed by atoms with Gasteiger partial charge < -0.3 is 8.83 Å². The zero-order valence-corrected chi connectivity index (χ0v) is 10.7. The molecule has 21 heavy (non-hydrogen) atoms. The molecule has 0 aliphatic heterocycles. The molecule has 0 aliphatic carbocycles. The zero-order valence-electron chi connectivity index (χ0n) is 10.7. The number of halogens is 1. The summed E-state index contributed by atoms with van der Waals surface area (Å²) in [7, 11) is 0. The highest BCUT2D eigenvalue weighted by Crippen LogP contribution is 2.13. The summed E-state index contributed by atoms with van der Waals surface area (Å²) in [5.41, 5.74) is 0.823. The first-order valence-electron chi connectivity index (χ1n) is 6.12. The fourth-order valence-electron chi connectivity index (χ4n) is 1.72. The molecular weight excluding hydrogens is 277 g/mol. The summed E-state index contributed by atoms with van der Waals surface area (Å²) < 4.78 is 23.0. The van der Waals surface area contributed by atoms with Gasteiger partial charge in [0.05, 0.1) is 12.7 Å². The maximum absolute atomic E-state index is 12.8.